The molecule has 0 amide bonds. The van der Waals surface area contributed by atoms with E-state index in [0.29, 0.717) is 5.56 Å². The van der Waals surface area contributed by atoms with Gasteiger partial charge in [-0.05, 0) is 24.6 Å². The quantitative estimate of drug-likeness (QED) is 0.0681. The molecule has 154 valence electrons. The van der Waals surface area contributed by atoms with Crippen LogP contribution in [0.5, 0.6) is 11.5 Å². The van der Waals surface area contributed by atoms with Crippen molar-refractivity contribution in [2.24, 2.45) is 5.84 Å². The van der Waals surface area contributed by atoms with Crippen molar-refractivity contribution in [3.63, 3.8) is 0 Å². The monoisotopic (exact) mass is 446 g/mol. The van der Waals surface area contributed by atoms with Crippen LogP contribution in [0.3, 0.4) is 0 Å². The Labute approximate surface area is 176 Å². The Morgan fingerprint density at radius 1 is 1.07 bits per heavy atom. The number of carboxylic acid groups (broad SMARTS) is 1. The molecule has 1 aromatic carbocycles. The number of carboxylic acids is 1. The number of hydrogen-bond acceptors (Lipinski definition) is 7. The first-order valence-corrected chi connectivity index (χ1v) is 9.30. The van der Waals surface area contributed by atoms with Gasteiger partial charge in [-0.3, -0.25) is 10.6 Å². The molecule has 0 saturated carbocycles. The minimum atomic E-state index is -4.64. The summed E-state index contributed by atoms with van der Waals surface area (Å²) in [4.78, 5) is 54.1. The van der Waals surface area contributed by atoms with E-state index in [1.54, 1.807) is 0 Å². The van der Waals surface area contributed by atoms with Gasteiger partial charge in [0, 0.05) is 6.42 Å². The van der Waals surface area contributed by atoms with Crippen molar-refractivity contribution < 1.29 is 89.6 Å². The zero-order chi connectivity index (χ0) is 21.3. The van der Waals surface area contributed by atoms with E-state index in [1.807, 2.05) is 0 Å². The van der Waals surface area contributed by atoms with Gasteiger partial charge in [-0.2, -0.15) is 0 Å². The molecule has 0 saturated heterocycles. The van der Waals surface area contributed by atoms with Gasteiger partial charge in [0.05, 0.1) is 0 Å². The molecule has 27 heavy (non-hydrogen) atoms. The predicted octanol–water partition coefficient (Wildman–Crippen LogP) is -4.79. The van der Waals surface area contributed by atoms with Crippen LogP contribution in [0.25, 0.3) is 0 Å². The first-order chi connectivity index (χ1) is 11.4. The van der Waals surface area contributed by atoms with E-state index in [4.69, 9.17) is 54.5 Å². The molecular weight excluding hydrogens is 425 g/mol. The number of nitrogens with two attached hydrogens (primary N) is 1. The minimum absolute atomic E-state index is 0. The number of nitrogens with one attached hydrogen (secondary N) is 1. The van der Waals surface area contributed by atoms with Crippen molar-refractivity contribution in [2.45, 2.75) is 18.9 Å². The number of rotatable bonds is 4. The van der Waals surface area contributed by atoms with Crippen LogP contribution in [-0.4, -0.2) is 56.2 Å². The van der Waals surface area contributed by atoms with Gasteiger partial charge in [0.15, 0.2) is 11.5 Å². The van der Waals surface area contributed by atoms with E-state index in [-0.39, 0.29) is 48.9 Å². The maximum Gasteiger partial charge on any atom is 1.00 e. The SMILES string of the molecule is CC(Cc1ccc(O)c(O)c1)(NN)C(=O)O.O=P(O)(O)O.O=P(O)(O)O.[H-].[Na+]. The normalized spacial score (nSPS) is 12.9. The van der Waals surface area contributed by atoms with Crippen LogP contribution in [0, 0.1) is 0 Å². The number of aromatic hydroxyl groups is 2. The zero-order valence-electron chi connectivity index (χ0n) is 15.2. The van der Waals surface area contributed by atoms with Gasteiger partial charge in [-0.15, -0.1) is 0 Å². The largest absolute Gasteiger partial charge is 1.00 e. The number of carbonyl (C=O) groups is 1. The van der Waals surface area contributed by atoms with Crippen LogP contribution in [-0.2, 0) is 20.3 Å². The summed E-state index contributed by atoms with van der Waals surface area (Å²) in [6.07, 6.45) is 0.0900. The summed E-state index contributed by atoms with van der Waals surface area (Å²) in [6, 6.07) is 4.12. The number of hydrazine groups is 1. The maximum absolute atomic E-state index is 11.0. The van der Waals surface area contributed by atoms with E-state index in [0.717, 1.165) is 0 Å². The minimum Gasteiger partial charge on any atom is -1.00 e. The molecule has 0 heterocycles. The van der Waals surface area contributed by atoms with Crippen LogP contribution in [0.4, 0.5) is 0 Å². The fourth-order valence-corrected chi connectivity index (χ4v) is 1.28. The molecule has 12 N–H and O–H groups in total. The van der Waals surface area contributed by atoms with Crippen molar-refractivity contribution in [3.05, 3.63) is 23.8 Å². The van der Waals surface area contributed by atoms with Gasteiger partial charge >= 0.3 is 51.2 Å². The number of hydrogen-bond donors (Lipinski definition) is 11. The average molecular weight is 446 g/mol. The van der Waals surface area contributed by atoms with E-state index in [1.165, 1.54) is 25.1 Å². The van der Waals surface area contributed by atoms with E-state index in [2.05, 4.69) is 5.43 Å². The molecule has 1 atom stereocenters. The topological polar surface area (TPSA) is 271 Å². The second kappa shape index (κ2) is 12.8. The fraction of sp³-hybridized carbons (Fsp3) is 0.300. The van der Waals surface area contributed by atoms with Gasteiger partial charge in [0.1, 0.15) is 5.54 Å². The van der Waals surface area contributed by atoms with Crippen LogP contribution in [0.15, 0.2) is 18.2 Å². The third-order valence-electron chi connectivity index (χ3n) is 2.39. The Morgan fingerprint density at radius 3 is 1.70 bits per heavy atom. The molecule has 0 bridgehead atoms. The smallest absolute Gasteiger partial charge is 1.00 e. The molecule has 1 aromatic rings. The van der Waals surface area contributed by atoms with Crippen LogP contribution < -0.4 is 40.8 Å². The van der Waals surface area contributed by atoms with Crippen molar-refractivity contribution in [1.82, 2.24) is 5.43 Å². The molecule has 0 aliphatic rings. The van der Waals surface area contributed by atoms with Crippen LogP contribution >= 0.6 is 15.6 Å². The Kier molecular flexibility index (Phi) is 14.8. The first kappa shape index (κ1) is 31.1. The molecule has 0 radical (unpaired) electrons. The van der Waals surface area contributed by atoms with Crippen molar-refractivity contribution in [3.8, 4) is 11.5 Å². The summed E-state index contributed by atoms with van der Waals surface area (Å²) in [6.45, 7) is 1.43. The number of phenolic OH excluding ortho intramolecular Hbond substituents is 2. The molecule has 0 fully saturated rings. The molecule has 0 aromatic heterocycles. The molecule has 0 spiro atoms. The summed E-state index contributed by atoms with van der Waals surface area (Å²) in [5.74, 6) is 3.55. The summed E-state index contributed by atoms with van der Waals surface area (Å²) in [7, 11) is -9.28. The maximum atomic E-state index is 11.0. The first-order valence-electron chi connectivity index (χ1n) is 6.17. The van der Waals surface area contributed by atoms with E-state index >= 15 is 0 Å². The predicted molar refractivity (Wildman–Crippen MR) is 86.5 cm³/mol. The standard InChI is InChI=1S/C10H14N2O4.Na.2H3O4P.H/c1-10(12-11,9(15)16)5-6-2-3-7(13)8(14)4-6;;2*1-5(2,3)4;/h2-4,12-14H,5,11H2,1H3,(H,15,16);;2*(H3,1,2,3,4);/q;+1;;;-1. The van der Waals surface area contributed by atoms with Crippen molar-refractivity contribution in [1.29, 1.82) is 0 Å². The summed E-state index contributed by atoms with van der Waals surface area (Å²) in [5.41, 5.74) is 1.45. The molecule has 14 nitrogen and oxygen atoms in total. The van der Waals surface area contributed by atoms with E-state index < -0.39 is 27.2 Å². The Balaban J connectivity index is -0.000000202. The molecule has 17 heteroatoms. The molecule has 0 aliphatic heterocycles. The third-order valence-corrected chi connectivity index (χ3v) is 2.39. The van der Waals surface area contributed by atoms with Gasteiger partial charge in [-0.1, -0.05) is 6.07 Å². The number of aliphatic carboxylic acids is 1. The summed E-state index contributed by atoms with van der Waals surface area (Å²) < 4.78 is 17.8. The van der Waals surface area contributed by atoms with Gasteiger partial charge in [0.25, 0.3) is 0 Å². The third kappa shape index (κ3) is 20.0. The van der Waals surface area contributed by atoms with Gasteiger partial charge < -0.3 is 46.1 Å². The van der Waals surface area contributed by atoms with Crippen LogP contribution in [0.2, 0.25) is 0 Å². The fourth-order valence-electron chi connectivity index (χ4n) is 1.28. The number of benzene rings is 1. The van der Waals surface area contributed by atoms with Crippen LogP contribution in [0.1, 0.15) is 13.9 Å². The number of phenols is 2. The van der Waals surface area contributed by atoms with Gasteiger partial charge in [0.2, 0.25) is 0 Å². The number of phosphoric acid groups is 2. The Morgan fingerprint density at radius 2 is 1.44 bits per heavy atom. The Hall–Kier alpha value is -0.570. The average Bonchev–Trinajstić information content (AvgIpc) is 2.39. The Bertz CT molecular complexity index is 662. The molecular formula is C10H21N2NaO12P2. The second-order valence-electron chi connectivity index (χ2n) is 4.81. The van der Waals surface area contributed by atoms with Gasteiger partial charge in [-0.25, -0.2) is 14.6 Å². The molecule has 1 rings (SSSR count). The molecule has 1 unspecified atom stereocenters. The van der Waals surface area contributed by atoms with Crippen molar-refractivity contribution >= 4 is 21.6 Å². The summed E-state index contributed by atoms with van der Waals surface area (Å²) in [5, 5.41) is 27.3. The molecule has 0 aliphatic carbocycles. The van der Waals surface area contributed by atoms with E-state index in [9.17, 15) is 9.90 Å². The summed E-state index contributed by atoms with van der Waals surface area (Å²) >= 11 is 0. The van der Waals surface area contributed by atoms with Crippen molar-refractivity contribution in [2.75, 3.05) is 0 Å². The zero-order valence-corrected chi connectivity index (χ0v) is 17.9. The second-order valence-corrected chi connectivity index (χ2v) is 6.86.